The van der Waals surface area contributed by atoms with Crippen LogP contribution in [0.5, 0.6) is 0 Å². The second kappa shape index (κ2) is 11.9. The van der Waals surface area contributed by atoms with Crippen LogP contribution in [0, 0.1) is 5.41 Å². The molecule has 0 bridgehead atoms. The summed E-state index contributed by atoms with van der Waals surface area (Å²) in [6.45, 7) is 5.53. The normalized spacial score (nSPS) is 15.2. The molecule has 1 heterocycles. The number of nitrogens with zero attached hydrogens (tertiary/aromatic N) is 1. The summed E-state index contributed by atoms with van der Waals surface area (Å²) < 4.78 is 10.9. The van der Waals surface area contributed by atoms with Crippen LogP contribution in [0.3, 0.4) is 0 Å². The van der Waals surface area contributed by atoms with E-state index in [1.807, 2.05) is 91.0 Å². The van der Waals surface area contributed by atoms with Gasteiger partial charge in [-0.3, -0.25) is 9.59 Å². The van der Waals surface area contributed by atoms with Gasteiger partial charge in [-0.25, -0.2) is 4.79 Å². The molecule has 0 aliphatic carbocycles. The molecule has 0 radical (unpaired) electrons. The molecule has 6 nitrogen and oxygen atoms in total. The average Bonchev–Trinajstić information content (AvgIpc) is 2.94. The predicted molar refractivity (Wildman–Crippen MR) is 157 cm³/mol. The second-order valence-electron chi connectivity index (χ2n) is 10.4. The van der Waals surface area contributed by atoms with Crippen LogP contribution in [-0.4, -0.2) is 41.0 Å². The van der Waals surface area contributed by atoms with E-state index in [9.17, 15) is 14.4 Å². The van der Waals surface area contributed by atoms with E-state index < -0.39 is 31.0 Å². The van der Waals surface area contributed by atoms with E-state index in [1.54, 1.807) is 31.7 Å². The monoisotopic (exact) mass is 543 g/mol. The molecule has 3 aromatic rings. The zero-order valence-electron chi connectivity index (χ0n) is 22.6. The molecule has 1 amide bonds. The minimum absolute atomic E-state index is 0.160. The SMILES string of the molecule is C=CCC1CC(=O)N1C(C(=O)OCOC(=O)C(C)(C)C)=P(c1ccccc1)(c1ccccc1)c1ccccc1. The number of likely N-dealkylation sites (tertiary alicyclic amines) is 1. The highest BCUT2D eigenvalue weighted by Crippen LogP contribution is 2.48. The first-order valence-electron chi connectivity index (χ1n) is 12.9. The van der Waals surface area contributed by atoms with Gasteiger partial charge in [0.05, 0.1) is 5.41 Å². The minimum Gasteiger partial charge on any atom is -0.427 e. The molecular formula is C32H34NO5P. The third kappa shape index (κ3) is 5.62. The minimum atomic E-state index is -2.96. The highest BCUT2D eigenvalue weighted by atomic mass is 31.2. The zero-order chi connectivity index (χ0) is 28.0. The van der Waals surface area contributed by atoms with Gasteiger partial charge in [-0.1, -0.05) is 97.1 Å². The van der Waals surface area contributed by atoms with E-state index in [0.717, 1.165) is 15.9 Å². The van der Waals surface area contributed by atoms with Gasteiger partial charge in [0, 0.05) is 19.3 Å². The summed E-state index contributed by atoms with van der Waals surface area (Å²) in [7, 11) is 0. The predicted octanol–water partition coefficient (Wildman–Crippen LogP) is 4.38. The quantitative estimate of drug-likeness (QED) is 0.132. The lowest BCUT2D eigenvalue weighted by Gasteiger charge is -2.45. The van der Waals surface area contributed by atoms with E-state index in [2.05, 4.69) is 6.58 Å². The van der Waals surface area contributed by atoms with E-state index in [-0.39, 0.29) is 17.4 Å². The fraction of sp³-hybridized carbons (Fsp3) is 0.250. The van der Waals surface area contributed by atoms with Crippen LogP contribution in [0.25, 0.3) is 0 Å². The zero-order valence-corrected chi connectivity index (χ0v) is 23.5. The summed E-state index contributed by atoms with van der Waals surface area (Å²) in [5, 5.41) is 2.70. The van der Waals surface area contributed by atoms with E-state index >= 15 is 0 Å². The Bertz CT molecular complexity index is 1290. The van der Waals surface area contributed by atoms with Crippen molar-refractivity contribution < 1.29 is 23.9 Å². The highest BCUT2D eigenvalue weighted by Gasteiger charge is 2.46. The van der Waals surface area contributed by atoms with Gasteiger partial charge in [-0.2, -0.15) is 0 Å². The molecule has 39 heavy (non-hydrogen) atoms. The smallest absolute Gasteiger partial charge is 0.358 e. The van der Waals surface area contributed by atoms with Crippen molar-refractivity contribution in [1.82, 2.24) is 4.90 Å². The lowest BCUT2D eigenvalue weighted by Crippen LogP contribution is -2.59. The third-order valence-corrected chi connectivity index (χ3v) is 10.9. The van der Waals surface area contributed by atoms with Gasteiger partial charge < -0.3 is 14.4 Å². The molecule has 7 heteroatoms. The molecule has 202 valence electrons. The summed E-state index contributed by atoms with van der Waals surface area (Å²) in [6, 6.07) is 29.1. The Morgan fingerprint density at radius 2 is 1.33 bits per heavy atom. The Kier molecular flexibility index (Phi) is 8.57. The molecule has 1 aliphatic heterocycles. The van der Waals surface area contributed by atoms with Gasteiger partial charge in [0.15, 0.2) is 0 Å². The molecule has 1 aliphatic rings. The number of carbonyl (C=O) groups excluding carboxylic acids is 3. The second-order valence-corrected chi connectivity index (χ2v) is 13.7. The molecule has 0 spiro atoms. The van der Waals surface area contributed by atoms with E-state index in [0.29, 0.717) is 12.8 Å². The number of hydrogen-bond donors (Lipinski definition) is 0. The van der Waals surface area contributed by atoms with Crippen molar-refractivity contribution in [3.8, 4) is 0 Å². The summed E-state index contributed by atoms with van der Waals surface area (Å²) >= 11 is 0. The molecule has 0 N–H and O–H groups in total. The molecule has 0 aromatic heterocycles. The molecule has 0 saturated carbocycles. The van der Waals surface area contributed by atoms with Crippen molar-refractivity contribution >= 4 is 46.1 Å². The van der Waals surface area contributed by atoms with Crippen LogP contribution in [-0.2, 0) is 23.9 Å². The molecule has 4 rings (SSSR count). The Balaban J connectivity index is 2.04. The Morgan fingerprint density at radius 3 is 1.72 bits per heavy atom. The van der Waals surface area contributed by atoms with Crippen molar-refractivity contribution in [2.45, 2.75) is 39.7 Å². The van der Waals surface area contributed by atoms with Crippen LogP contribution >= 0.6 is 6.89 Å². The number of hydrogen-bond acceptors (Lipinski definition) is 5. The fourth-order valence-corrected chi connectivity index (χ4v) is 9.16. The van der Waals surface area contributed by atoms with Crippen LogP contribution in [0.1, 0.15) is 33.6 Å². The largest absolute Gasteiger partial charge is 0.427 e. The standard InChI is InChI=1S/C32H34NO5P/c1-5-15-24-22-28(34)33(24)29(30(35)37-23-38-31(36)32(2,3)4)39(25-16-9-6-10-17-25,26-18-11-7-12-19-26)27-20-13-8-14-21-27/h5-14,16-21,24H,1,15,22-23H2,2-4H3. The van der Waals surface area contributed by atoms with Gasteiger partial charge in [0.25, 0.3) is 0 Å². The number of carbonyl (C=O) groups is 3. The summed E-state index contributed by atoms with van der Waals surface area (Å²) in [5.74, 6) is -1.34. The molecular weight excluding hydrogens is 509 g/mol. The Hall–Kier alpha value is -3.89. The molecule has 1 saturated heterocycles. The number of β-lactam (4-membered cyclic amide) rings is 1. The maximum Gasteiger partial charge on any atom is 0.358 e. The maximum absolute atomic E-state index is 14.2. The fourth-order valence-electron chi connectivity index (χ4n) is 4.74. The molecule has 1 atom stereocenters. The summed E-state index contributed by atoms with van der Waals surface area (Å²) in [5.41, 5.74) is -0.489. The first-order valence-corrected chi connectivity index (χ1v) is 14.7. The van der Waals surface area contributed by atoms with Crippen LogP contribution < -0.4 is 15.9 Å². The van der Waals surface area contributed by atoms with Gasteiger partial charge >= 0.3 is 11.9 Å². The average molecular weight is 544 g/mol. The van der Waals surface area contributed by atoms with Gasteiger partial charge in [-0.05, 0) is 43.1 Å². The number of esters is 2. The summed E-state index contributed by atoms with van der Waals surface area (Å²) in [6.07, 6.45) is 2.59. The van der Waals surface area contributed by atoms with Gasteiger partial charge in [-0.15, -0.1) is 6.58 Å². The van der Waals surface area contributed by atoms with Crippen LogP contribution in [0.4, 0.5) is 0 Å². The lowest BCUT2D eigenvalue weighted by molar-refractivity contribution is -0.170. The highest BCUT2D eigenvalue weighted by molar-refractivity contribution is 7.96. The van der Waals surface area contributed by atoms with Crippen LogP contribution in [0.15, 0.2) is 104 Å². The van der Waals surface area contributed by atoms with Crippen molar-refractivity contribution in [2.75, 3.05) is 6.79 Å². The molecule has 3 aromatic carbocycles. The maximum atomic E-state index is 14.2. The van der Waals surface area contributed by atoms with Gasteiger partial charge in [0.1, 0.15) is 5.42 Å². The number of rotatable bonds is 9. The first kappa shape index (κ1) is 28.1. The number of ether oxygens (including phenoxy) is 2. The van der Waals surface area contributed by atoms with Crippen LogP contribution in [0.2, 0.25) is 0 Å². The van der Waals surface area contributed by atoms with E-state index in [1.165, 1.54) is 0 Å². The van der Waals surface area contributed by atoms with Crippen molar-refractivity contribution in [1.29, 1.82) is 0 Å². The van der Waals surface area contributed by atoms with Crippen molar-refractivity contribution in [3.63, 3.8) is 0 Å². The topological polar surface area (TPSA) is 72.9 Å². The molecule has 1 fully saturated rings. The van der Waals surface area contributed by atoms with Crippen molar-refractivity contribution in [2.24, 2.45) is 5.41 Å². The van der Waals surface area contributed by atoms with E-state index in [4.69, 9.17) is 9.47 Å². The number of amides is 1. The van der Waals surface area contributed by atoms with Gasteiger partial charge in [0.2, 0.25) is 12.7 Å². The third-order valence-electron chi connectivity index (χ3n) is 6.63. The Morgan fingerprint density at radius 1 is 0.872 bits per heavy atom. The number of benzene rings is 3. The Labute approximate surface area is 230 Å². The first-order chi connectivity index (χ1) is 18.7. The summed E-state index contributed by atoms with van der Waals surface area (Å²) in [4.78, 5) is 41.5. The molecule has 1 unspecified atom stereocenters. The lowest BCUT2D eigenvalue weighted by atomic mass is 9.98. The van der Waals surface area contributed by atoms with Crippen molar-refractivity contribution in [3.05, 3.63) is 104 Å².